The second kappa shape index (κ2) is 8.17. The Hall–Kier alpha value is -2.76. The summed E-state index contributed by atoms with van der Waals surface area (Å²) >= 11 is 0.972. The van der Waals surface area contributed by atoms with Gasteiger partial charge in [-0.2, -0.15) is 4.31 Å². The number of nitrogens with zero attached hydrogens (tertiary/aromatic N) is 3. The molecule has 1 saturated heterocycles. The lowest BCUT2D eigenvalue weighted by molar-refractivity contribution is 0.102. The first-order chi connectivity index (χ1) is 14.4. The van der Waals surface area contributed by atoms with E-state index < -0.39 is 33.6 Å². The van der Waals surface area contributed by atoms with Crippen molar-refractivity contribution in [1.82, 2.24) is 14.5 Å². The predicted octanol–water partition coefficient (Wildman–Crippen LogP) is 3.59. The Labute approximate surface area is 175 Å². The number of sulfonamides is 1. The van der Waals surface area contributed by atoms with Crippen molar-refractivity contribution in [3.8, 4) is 0 Å². The summed E-state index contributed by atoms with van der Waals surface area (Å²) in [6.07, 6.45) is 1.22. The fraction of sp³-hybridized carbons (Fsp3) is 0.211. The molecule has 1 atom stereocenters. The number of rotatable bonds is 5. The largest absolute Gasteiger partial charge is 0.320 e. The van der Waals surface area contributed by atoms with Crippen LogP contribution in [0, 0.1) is 11.6 Å². The highest BCUT2D eigenvalue weighted by atomic mass is 32.2. The van der Waals surface area contributed by atoms with Gasteiger partial charge >= 0.3 is 0 Å². The van der Waals surface area contributed by atoms with Crippen molar-refractivity contribution < 1.29 is 22.0 Å². The molecule has 0 radical (unpaired) electrons. The molecule has 1 aliphatic heterocycles. The molecule has 1 aromatic heterocycles. The zero-order valence-corrected chi connectivity index (χ0v) is 17.1. The van der Waals surface area contributed by atoms with E-state index in [9.17, 15) is 22.0 Å². The Kier molecular flexibility index (Phi) is 5.58. The van der Waals surface area contributed by atoms with Crippen LogP contribution in [0.15, 0.2) is 53.4 Å². The quantitative estimate of drug-likeness (QED) is 0.641. The zero-order valence-electron chi connectivity index (χ0n) is 15.5. The summed E-state index contributed by atoms with van der Waals surface area (Å²) in [6.45, 7) is 0.345. The van der Waals surface area contributed by atoms with E-state index in [0.717, 1.165) is 23.5 Å². The third kappa shape index (κ3) is 3.95. The van der Waals surface area contributed by atoms with E-state index in [1.54, 1.807) is 18.2 Å². The third-order valence-electron chi connectivity index (χ3n) is 4.65. The van der Waals surface area contributed by atoms with E-state index in [0.29, 0.717) is 24.4 Å². The van der Waals surface area contributed by atoms with Crippen LogP contribution in [0.25, 0.3) is 0 Å². The van der Waals surface area contributed by atoms with E-state index in [1.807, 2.05) is 0 Å². The Morgan fingerprint density at radius 2 is 1.87 bits per heavy atom. The standard InChI is InChI=1S/C19H16F2N4O3S2/c20-14-9-8-12(11-15(14)21)22-17(26)19-24-23-18(29-19)16-7-4-10-25(16)30(27,28)13-5-2-1-3-6-13/h1-3,5-6,8-9,11,16H,4,7,10H2,(H,22,26)/t16-/m1/s1. The van der Waals surface area contributed by atoms with Crippen molar-refractivity contribution in [2.75, 3.05) is 11.9 Å². The van der Waals surface area contributed by atoms with E-state index in [1.165, 1.54) is 22.5 Å². The second-order valence-electron chi connectivity index (χ2n) is 6.62. The summed E-state index contributed by atoms with van der Waals surface area (Å²) in [6, 6.07) is 10.6. The zero-order chi connectivity index (χ0) is 21.3. The number of carbonyl (C=O) groups is 1. The number of carbonyl (C=O) groups excluding carboxylic acids is 1. The second-order valence-corrected chi connectivity index (χ2v) is 9.51. The number of hydrogen-bond acceptors (Lipinski definition) is 6. The van der Waals surface area contributed by atoms with Crippen molar-refractivity contribution in [1.29, 1.82) is 0 Å². The molecule has 0 aliphatic carbocycles. The van der Waals surface area contributed by atoms with E-state index >= 15 is 0 Å². The molecule has 2 heterocycles. The molecule has 30 heavy (non-hydrogen) atoms. The maximum Gasteiger partial charge on any atom is 0.286 e. The summed E-state index contributed by atoms with van der Waals surface area (Å²) < 4.78 is 53.7. The van der Waals surface area contributed by atoms with Gasteiger partial charge in [-0.25, -0.2) is 17.2 Å². The van der Waals surface area contributed by atoms with Crippen molar-refractivity contribution in [3.05, 3.63) is 70.2 Å². The third-order valence-corrected chi connectivity index (χ3v) is 7.60. The Morgan fingerprint density at radius 3 is 2.60 bits per heavy atom. The number of amides is 1. The van der Waals surface area contributed by atoms with E-state index in [4.69, 9.17) is 0 Å². The molecule has 0 saturated carbocycles. The van der Waals surface area contributed by atoms with Crippen molar-refractivity contribution in [2.24, 2.45) is 0 Å². The highest BCUT2D eigenvalue weighted by Gasteiger charge is 2.38. The highest BCUT2D eigenvalue weighted by molar-refractivity contribution is 7.89. The lowest BCUT2D eigenvalue weighted by Crippen LogP contribution is -2.30. The van der Waals surface area contributed by atoms with Gasteiger partial charge in [0.2, 0.25) is 15.0 Å². The molecule has 0 bridgehead atoms. The molecule has 1 fully saturated rings. The van der Waals surface area contributed by atoms with Gasteiger partial charge in [-0.15, -0.1) is 10.2 Å². The number of benzene rings is 2. The maximum atomic E-state index is 13.3. The van der Waals surface area contributed by atoms with Gasteiger partial charge in [0.25, 0.3) is 5.91 Å². The highest BCUT2D eigenvalue weighted by Crippen LogP contribution is 2.37. The van der Waals surface area contributed by atoms with Crippen LogP contribution in [0.1, 0.15) is 33.7 Å². The van der Waals surface area contributed by atoms with Crippen LogP contribution in [0.5, 0.6) is 0 Å². The minimum atomic E-state index is -3.71. The molecule has 11 heteroatoms. The number of anilines is 1. The molecule has 1 aliphatic rings. The van der Waals surface area contributed by atoms with Crippen LogP contribution in [0.2, 0.25) is 0 Å². The van der Waals surface area contributed by atoms with Gasteiger partial charge in [-0.1, -0.05) is 29.5 Å². The molecular formula is C19H16F2N4O3S2. The van der Waals surface area contributed by atoms with Crippen LogP contribution in [0.3, 0.4) is 0 Å². The first-order valence-corrected chi connectivity index (χ1v) is 11.3. The molecule has 0 unspecified atom stereocenters. The fourth-order valence-corrected chi connectivity index (χ4v) is 5.86. The Bertz CT molecular complexity index is 1190. The number of aromatic nitrogens is 2. The maximum absolute atomic E-state index is 13.3. The van der Waals surface area contributed by atoms with Gasteiger partial charge in [0.05, 0.1) is 10.9 Å². The monoisotopic (exact) mass is 450 g/mol. The molecule has 1 N–H and O–H groups in total. The van der Waals surface area contributed by atoms with Gasteiger partial charge in [-0.3, -0.25) is 4.79 Å². The summed E-state index contributed by atoms with van der Waals surface area (Å²) in [4.78, 5) is 12.6. The number of nitrogens with one attached hydrogen (secondary N) is 1. The number of hydrogen-bond donors (Lipinski definition) is 1. The molecule has 3 aromatic rings. The van der Waals surface area contributed by atoms with Crippen LogP contribution < -0.4 is 5.32 Å². The van der Waals surface area contributed by atoms with Crippen molar-refractivity contribution in [2.45, 2.75) is 23.8 Å². The van der Waals surface area contributed by atoms with Crippen LogP contribution in [-0.2, 0) is 10.0 Å². The van der Waals surface area contributed by atoms with Crippen molar-refractivity contribution >= 4 is 33.0 Å². The average Bonchev–Trinajstić information content (AvgIpc) is 3.41. The van der Waals surface area contributed by atoms with Gasteiger partial charge in [-0.05, 0) is 37.1 Å². The van der Waals surface area contributed by atoms with Crippen LogP contribution >= 0.6 is 11.3 Å². The van der Waals surface area contributed by atoms with Crippen LogP contribution in [0.4, 0.5) is 14.5 Å². The minimum absolute atomic E-state index is 0.00121. The lowest BCUT2D eigenvalue weighted by atomic mass is 10.2. The smallest absolute Gasteiger partial charge is 0.286 e. The Balaban J connectivity index is 1.54. The first-order valence-electron chi connectivity index (χ1n) is 9.03. The topological polar surface area (TPSA) is 92.3 Å². The summed E-state index contributed by atoms with van der Waals surface area (Å²) in [5, 5.41) is 10.7. The van der Waals surface area contributed by atoms with E-state index in [2.05, 4.69) is 15.5 Å². The molecule has 4 rings (SSSR count). The minimum Gasteiger partial charge on any atom is -0.320 e. The predicted molar refractivity (Wildman–Crippen MR) is 107 cm³/mol. The SMILES string of the molecule is O=C(Nc1ccc(F)c(F)c1)c1nnc([C@H]2CCCN2S(=O)(=O)c2ccccc2)s1. The van der Waals surface area contributed by atoms with Gasteiger partial charge < -0.3 is 5.32 Å². The van der Waals surface area contributed by atoms with Gasteiger partial charge in [0, 0.05) is 18.3 Å². The molecule has 0 spiro atoms. The first kappa shape index (κ1) is 20.5. The molecule has 1 amide bonds. The Morgan fingerprint density at radius 1 is 1.10 bits per heavy atom. The molecule has 156 valence electrons. The summed E-state index contributed by atoms with van der Waals surface area (Å²) in [5.74, 6) is -2.74. The average molecular weight is 450 g/mol. The molecule has 2 aromatic carbocycles. The summed E-state index contributed by atoms with van der Waals surface area (Å²) in [7, 11) is -3.71. The van der Waals surface area contributed by atoms with Gasteiger partial charge in [0.15, 0.2) is 11.6 Å². The normalized spacial score (nSPS) is 17.2. The van der Waals surface area contributed by atoms with Crippen LogP contribution in [-0.4, -0.2) is 35.4 Å². The molecule has 7 nitrogen and oxygen atoms in total. The lowest BCUT2D eigenvalue weighted by Gasteiger charge is -2.22. The number of halogens is 2. The van der Waals surface area contributed by atoms with Crippen molar-refractivity contribution in [3.63, 3.8) is 0 Å². The van der Waals surface area contributed by atoms with Gasteiger partial charge in [0.1, 0.15) is 5.01 Å². The van der Waals surface area contributed by atoms with E-state index in [-0.39, 0.29) is 15.6 Å². The molecular weight excluding hydrogens is 434 g/mol. The summed E-state index contributed by atoms with van der Waals surface area (Å²) in [5.41, 5.74) is 0.0739. The fourth-order valence-electron chi connectivity index (χ4n) is 3.22.